The zero-order chi connectivity index (χ0) is 24.3. The highest BCUT2D eigenvalue weighted by Crippen LogP contribution is 2.36. The minimum absolute atomic E-state index is 0.0408. The van der Waals surface area contributed by atoms with Gasteiger partial charge in [0.05, 0.1) is 16.9 Å². The van der Waals surface area contributed by atoms with E-state index in [-0.39, 0.29) is 5.91 Å². The summed E-state index contributed by atoms with van der Waals surface area (Å²) >= 11 is 1.42. The van der Waals surface area contributed by atoms with Crippen molar-refractivity contribution in [3.63, 3.8) is 0 Å². The van der Waals surface area contributed by atoms with Gasteiger partial charge in [0.15, 0.2) is 5.13 Å². The number of nitrogens with one attached hydrogen (secondary N) is 2. The SMILES string of the molecule is CC(O)C#Cc1nc(NCCCc2ccc(C(F)(F)F)cc2)sc1-c1ccc2c(c1)CC(=O)N2. The maximum atomic E-state index is 12.7. The summed E-state index contributed by atoms with van der Waals surface area (Å²) in [6, 6.07) is 10.9. The number of aliphatic hydroxyl groups excluding tert-OH is 1. The molecule has 2 aromatic carbocycles. The van der Waals surface area contributed by atoms with Crippen LogP contribution < -0.4 is 10.6 Å². The number of hydrogen-bond donors (Lipinski definition) is 3. The van der Waals surface area contributed by atoms with Crippen molar-refractivity contribution in [2.45, 2.75) is 38.5 Å². The van der Waals surface area contributed by atoms with Crippen LogP contribution in [0.2, 0.25) is 0 Å². The van der Waals surface area contributed by atoms with Gasteiger partial charge in [-0.15, -0.1) is 0 Å². The molecule has 0 bridgehead atoms. The Morgan fingerprint density at radius 3 is 2.71 bits per heavy atom. The van der Waals surface area contributed by atoms with Gasteiger partial charge < -0.3 is 15.7 Å². The van der Waals surface area contributed by atoms with Gasteiger partial charge in [-0.3, -0.25) is 4.79 Å². The van der Waals surface area contributed by atoms with Crippen LogP contribution in [0.4, 0.5) is 24.0 Å². The average molecular weight is 486 g/mol. The van der Waals surface area contributed by atoms with Gasteiger partial charge in [0.1, 0.15) is 11.8 Å². The van der Waals surface area contributed by atoms with Crippen molar-refractivity contribution < 1.29 is 23.1 Å². The molecule has 1 unspecified atom stereocenters. The van der Waals surface area contributed by atoms with Crippen molar-refractivity contribution in [2.75, 3.05) is 17.2 Å². The van der Waals surface area contributed by atoms with Crippen molar-refractivity contribution in [3.8, 4) is 22.3 Å². The fourth-order valence-electron chi connectivity index (χ4n) is 3.57. The Hall–Kier alpha value is -3.35. The fraction of sp³-hybridized carbons (Fsp3) is 0.280. The van der Waals surface area contributed by atoms with Crippen molar-refractivity contribution in [1.82, 2.24) is 4.98 Å². The number of rotatable bonds is 6. The Labute approximate surface area is 199 Å². The zero-order valence-electron chi connectivity index (χ0n) is 18.3. The Balaban J connectivity index is 1.44. The molecule has 1 aliphatic rings. The molecule has 0 spiro atoms. The highest BCUT2D eigenvalue weighted by molar-refractivity contribution is 7.19. The number of benzene rings is 2. The summed E-state index contributed by atoms with van der Waals surface area (Å²) in [4.78, 5) is 17.1. The number of halogens is 3. The van der Waals surface area contributed by atoms with E-state index in [1.807, 2.05) is 18.2 Å². The topological polar surface area (TPSA) is 74.2 Å². The zero-order valence-corrected chi connectivity index (χ0v) is 19.1. The summed E-state index contributed by atoms with van der Waals surface area (Å²) in [7, 11) is 0. The number of aliphatic hydroxyl groups is 1. The summed E-state index contributed by atoms with van der Waals surface area (Å²) in [5, 5.41) is 16.3. The molecule has 0 fully saturated rings. The van der Waals surface area contributed by atoms with Crippen molar-refractivity contribution in [3.05, 3.63) is 64.8 Å². The number of nitrogens with zero attached hydrogens (tertiary/aromatic N) is 1. The van der Waals surface area contributed by atoms with Crippen LogP contribution in [0.25, 0.3) is 10.4 Å². The van der Waals surface area contributed by atoms with Gasteiger partial charge >= 0.3 is 6.18 Å². The molecule has 1 amide bonds. The molecule has 0 saturated heterocycles. The maximum Gasteiger partial charge on any atom is 0.416 e. The fourth-order valence-corrected chi connectivity index (χ4v) is 4.51. The predicted octanol–water partition coefficient (Wildman–Crippen LogP) is 5.10. The van der Waals surface area contributed by atoms with Gasteiger partial charge in [-0.2, -0.15) is 13.2 Å². The first-order valence-corrected chi connectivity index (χ1v) is 11.5. The third kappa shape index (κ3) is 5.76. The smallest absolute Gasteiger partial charge is 0.381 e. The van der Waals surface area contributed by atoms with E-state index in [4.69, 9.17) is 0 Å². The summed E-state index contributed by atoms with van der Waals surface area (Å²) in [5.74, 6) is 5.61. The lowest BCUT2D eigenvalue weighted by Crippen LogP contribution is -2.05. The van der Waals surface area contributed by atoms with Crippen molar-refractivity contribution in [2.24, 2.45) is 0 Å². The van der Waals surface area contributed by atoms with Crippen LogP contribution in [0.1, 0.15) is 35.7 Å². The van der Waals surface area contributed by atoms with Crippen LogP contribution in [-0.4, -0.2) is 28.6 Å². The highest BCUT2D eigenvalue weighted by atomic mass is 32.1. The lowest BCUT2D eigenvalue weighted by molar-refractivity contribution is -0.137. The lowest BCUT2D eigenvalue weighted by Gasteiger charge is -2.07. The van der Waals surface area contributed by atoms with Crippen molar-refractivity contribution in [1.29, 1.82) is 0 Å². The Bertz CT molecular complexity index is 1260. The summed E-state index contributed by atoms with van der Waals surface area (Å²) in [5.41, 5.74) is 3.32. The molecule has 0 radical (unpaired) electrons. The number of aryl methyl sites for hydroxylation is 1. The van der Waals surface area contributed by atoms with Gasteiger partial charge in [-0.25, -0.2) is 4.98 Å². The van der Waals surface area contributed by atoms with Gasteiger partial charge in [0.2, 0.25) is 5.91 Å². The normalized spacial score (nSPS) is 13.6. The van der Waals surface area contributed by atoms with Crippen LogP contribution in [0.15, 0.2) is 42.5 Å². The number of carbonyl (C=O) groups is 1. The van der Waals surface area contributed by atoms with Gasteiger partial charge in [-0.1, -0.05) is 35.5 Å². The molecule has 4 rings (SSSR count). The Morgan fingerprint density at radius 1 is 1.24 bits per heavy atom. The molecule has 1 aliphatic heterocycles. The Kier molecular flexibility index (Phi) is 6.91. The summed E-state index contributed by atoms with van der Waals surface area (Å²) in [6.45, 7) is 2.16. The number of thiazole rings is 1. The molecule has 3 aromatic rings. The first-order chi connectivity index (χ1) is 16.2. The maximum absolute atomic E-state index is 12.7. The molecule has 34 heavy (non-hydrogen) atoms. The molecule has 0 aliphatic carbocycles. The number of aromatic nitrogens is 1. The average Bonchev–Trinajstić information content (AvgIpc) is 3.36. The Morgan fingerprint density at radius 2 is 2.00 bits per heavy atom. The van der Waals surface area contributed by atoms with E-state index in [1.165, 1.54) is 23.5 Å². The standard InChI is InChI=1S/C25H22F3N3O2S/c1-15(32)4-10-21-23(17-7-11-20-18(13-17)14-22(33)30-20)34-24(31-21)29-12-2-3-16-5-8-19(9-6-16)25(26,27)28/h5-9,11,13,15,32H,2-3,12,14H2,1H3,(H,29,31)(H,30,33). The second-order valence-corrected chi connectivity index (χ2v) is 8.96. The number of carbonyl (C=O) groups excluding carboxylic acids is 1. The predicted molar refractivity (Wildman–Crippen MR) is 127 cm³/mol. The van der Waals surface area contributed by atoms with Crippen molar-refractivity contribution >= 4 is 28.1 Å². The molecular formula is C25H22F3N3O2S. The van der Waals surface area contributed by atoms with E-state index in [9.17, 15) is 23.1 Å². The van der Waals surface area contributed by atoms with Crippen LogP contribution in [-0.2, 0) is 23.8 Å². The van der Waals surface area contributed by atoms with E-state index in [0.29, 0.717) is 36.6 Å². The number of alkyl halides is 3. The monoisotopic (exact) mass is 485 g/mol. The molecular weight excluding hydrogens is 463 g/mol. The minimum atomic E-state index is -4.33. The molecule has 2 heterocycles. The van der Waals surface area contributed by atoms with Crippen LogP contribution in [0, 0.1) is 11.8 Å². The second-order valence-electron chi connectivity index (χ2n) is 7.96. The highest BCUT2D eigenvalue weighted by Gasteiger charge is 2.29. The molecule has 9 heteroatoms. The largest absolute Gasteiger partial charge is 0.416 e. The first kappa shape index (κ1) is 23.8. The molecule has 3 N–H and O–H groups in total. The third-order valence-corrected chi connectivity index (χ3v) is 6.28. The van der Waals surface area contributed by atoms with E-state index in [1.54, 1.807) is 6.92 Å². The molecule has 0 saturated carbocycles. The van der Waals surface area contributed by atoms with E-state index >= 15 is 0 Å². The third-order valence-electron chi connectivity index (χ3n) is 5.22. The van der Waals surface area contributed by atoms with Gasteiger partial charge in [-0.05, 0) is 66.6 Å². The summed E-state index contributed by atoms with van der Waals surface area (Å²) < 4.78 is 38.1. The van der Waals surface area contributed by atoms with Gasteiger partial charge in [0, 0.05) is 12.2 Å². The second kappa shape index (κ2) is 9.87. The summed E-state index contributed by atoms with van der Waals surface area (Å²) in [6.07, 6.45) is -3.46. The minimum Gasteiger partial charge on any atom is -0.381 e. The number of anilines is 2. The number of fused-ring (bicyclic) bond motifs is 1. The van der Waals surface area contributed by atoms with E-state index < -0.39 is 17.8 Å². The van der Waals surface area contributed by atoms with E-state index in [0.717, 1.165) is 39.4 Å². The molecule has 1 atom stereocenters. The van der Waals surface area contributed by atoms with E-state index in [2.05, 4.69) is 27.5 Å². The van der Waals surface area contributed by atoms with Crippen LogP contribution in [0.3, 0.4) is 0 Å². The lowest BCUT2D eigenvalue weighted by atomic mass is 10.1. The molecule has 1 aromatic heterocycles. The van der Waals surface area contributed by atoms with Crippen LogP contribution >= 0.6 is 11.3 Å². The van der Waals surface area contributed by atoms with Crippen LogP contribution in [0.5, 0.6) is 0 Å². The number of hydrogen-bond acceptors (Lipinski definition) is 5. The number of amides is 1. The van der Waals surface area contributed by atoms with Gasteiger partial charge in [0.25, 0.3) is 0 Å². The molecule has 5 nitrogen and oxygen atoms in total. The quantitative estimate of drug-likeness (QED) is 0.336. The first-order valence-electron chi connectivity index (χ1n) is 10.7. The molecule has 176 valence electrons.